The van der Waals surface area contributed by atoms with Gasteiger partial charge in [0.25, 0.3) is 0 Å². The first-order valence-corrected chi connectivity index (χ1v) is 14.0. The maximum absolute atomic E-state index is 13.2. The lowest BCUT2D eigenvalue weighted by Gasteiger charge is -2.31. The minimum atomic E-state index is -0.447. The van der Waals surface area contributed by atoms with Gasteiger partial charge in [-0.1, -0.05) is 60.7 Å². The van der Waals surface area contributed by atoms with Crippen LogP contribution in [0.4, 0.5) is 4.79 Å². The number of thiazole rings is 1. The molecule has 1 saturated heterocycles. The van der Waals surface area contributed by atoms with Gasteiger partial charge in [0.05, 0.1) is 16.4 Å². The molecule has 38 heavy (non-hydrogen) atoms. The Balaban J connectivity index is 1.40. The highest BCUT2D eigenvalue weighted by Crippen LogP contribution is 2.14. The molecule has 1 aromatic heterocycles. The molecule has 2 amide bonds. The van der Waals surface area contributed by atoms with Crippen LogP contribution < -0.4 is 16.0 Å². The maximum atomic E-state index is 13.2. The van der Waals surface area contributed by atoms with Crippen molar-refractivity contribution >= 4 is 23.3 Å². The molecule has 202 valence electrons. The van der Waals surface area contributed by atoms with Crippen LogP contribution in [0.5, 0.6) is 0 Å². The smallest absolute Gasteiger partial charge is 0.407 e. The quantitative estimate of drug-likeness (QED) is 0.329. The molecule has 0 bridgehead atoms. The molecule has 0 saturated carbocycles. The van der Waals surface area contributed by atoms with Gasteiger partial charge in [-0.3, -0.25) is 9.78 Å². The van der Waals surface area contributed by atoms with Crippen molar-refractivity contribution in [2.75, 3.05) is 26.7 Å². The molecular formula is C29H37N5O3S. The third-order valence-electron chi connectivity index (χ3n) is 6.71. The van der Waals surface area contributed by atoms with E-state index in [9.17, 15) is 9.59 Å². The molecule has 2 aromatic carbocycles. The zero-order valence-corrected chi connectivity index (χ0v) is 22.7. The number of piperazine rings is 1. The molecule has 3 N–H and O–H groups in total. The summed E-state index contributed by atoms with van der Waals surface area (Å²) in [6.07, 6.45) is 4.07. The monoisotopic (exact) mass is 535 g/mol. The van der Waals surface area contributed by atoms with Gasteiger partial charge in [-0.25, -0.2) is 4.79 Å². The van der Waals surface area contributed by atoms with E-state index >= 15 is 0 Å². The van der Waals surface area contributed by atoms with E-state index in [2.05, 4.69) is 50.1 Å². The largest absolute Gasteiger partial charge is 0.444 e. The topological polar surface area (TPSA) is 95.6 Å². The van der Waals surface area contributed by atoms with Crippen LogP contribution in [0.15, 0.2) is 72.4 Å². The van der Waals surface area contributed by atoms with E-state index in [1.165, 1.54) is 16.9 Å². The highest BCUT2D eigenvalue weighted by atomic mass is 32.1. The number of carbonyl (C=O) groups excluding carboxylic acids is 2. The summed E-state index contributed by atoms with van der Waals surface area (Å²) in [5, 5.41) is 9.69. The summed E-state index contributed by atoms with van der Waals surface area (Å²) in [7, 11) is 2.04. The predicted octanol–water partition coefficient (Wildman–Crippen LogP) is 3.39. The van der Waals surface area contributed by atoms with Crippen molar-refractivity contribution in [1.29, 1.82) is 0 Å². The van der Waals surface area contributed by atoms with Gasteiger partial charge in [0.1, 0.15) is 6.61 Å². The van der Waals surface area contributed by atoms with Crippen molar-refractivity contribution in [3.05, 3.63) is 88.4 Å². The van der Waals surface area contributed by atoms with Gasteiger partial charge in [-0.05, 0) is 43.9 Å². The van der Waals surface area contributed by atoms with Gasteiger partial charge in [0, 0.05) is 37.9 Å². The second kappa shape index (κ2) is 14.6. The van der Waals surface area contributed by atoms with Crippen LogP contribution in [0.3, 0.4) is 0 Å². The van der Waals surface area contributed by atoms with E-state index in [1.807, 2.05) is 43.4 Å². The lowest BCUT2D eigenvalue weighted by atomic mass is 9.95. The second-order valence-corrected chi connectivity index (χ2v) is 10.8. The number of carbonyl (C=O) groups is 2. The average molecular weight is 536 g/mol. The number of alkyl carbamates (subject to hydrolysis) is 1. The van der Waals surface area contributed by atoms with E-state index in [0.29, 0.717) is 19.4 Å². The summed E-state index contributed by atoms with van der Waals surface area (Å²) < 4.78 is 5.45. The number of nitrogens with zero attached hydrogens (tertiary/aromatic N) is 2. The molecule has 9 heteroatoms. The predicted molar refractivity (Wildman–Crippen MR) is 150 cm³/mol. The lowest BCUT2D eigenvalue weighted by molar-refractivity contribution is -0.124. The first-order valence-electron chi connectivity index (χ1n) is 13.2. The highest BCUT2D eigenvalue weighted by Gasteiger charge is 2.26. The molecule has 2 heterocycles. The SMILES string of the molecule is CN1CCN[C@H](C(=O)N[C@H](CC[C@H](Cc2ccccc2)NC(=O)OCc2cncs2)Cc2ccccc2)C1. The Morgan fingerprint density at radius 2 is 1.66 bits per heavy atom. The van der Waals surface area contributed by atoms with E-state index < -0.39 is 6.09 Å². The standard InChI is InChI=1S/C29H37N5O3S/c1-34-15-14-31-27(19-34)28(35)32-24(16-22-8-4-2-5-9-22)12-13-25(17-23-10-6-3-7-11-23)33-29(36)37-20-26-18-30-21-38-26/h2-11,18,21,24-25,27,31H,12-17,19-20H2,1H3,(H,32,35)(H,33,36)/t24-,25-,27+/m1/s1. The fraction of sp³-hybridized carbons (Fsp3) is 0.414. The molecule has 0 aliphatic carbocycles. The first-order chi connectivity index (χ1) is 18.5. The molecule has 0 radical (unpaired) electrons. The number of hydrogen-bond acceptors (Lipinski definition) is 7. The Morgan fingerprint density at radius 3 is 2.24 bits per heavy atom. The Kier molecular flexibility index (Phi) is 10.7. The Bertz CT molecular complexity index is 1110. The number of rotatable bonds is 12. The van der Waals surface area contributed by atoms with Gasteiger partial charge in [0.15, 0.2) is 0 Å². The molecule has 1 aliphatic rings. The van der Waals surface area contributed by atoms with E-state index in [4.69, 9.17) is 4.74 Å². The molecule has 1 fully saturated rings. The maximum Gasteiger partial charge on any atom is 0.407 e. The number of hydrogen-bond donors (Lipinski definition) is 3. The minimum absolute atomic E-state index is 0.0222. The summed E-state index contributed by atoms with van der Waals surface area (Å²) >= 11 is 1.45. The van der Waals surface area contributed by atoms with Gasteiger partial charge in [0.2, 0.25) is 5.91 Å². The number of benzene rings is 2. The van der Waals surface area contributed by atoms with Crippen molar-refractivity contribution in [1.82, 2.24) is 25.8 Å². The second-order valence-electron chi connectivity index (χ2n) is 9.82. The number of likely N-dealkylation sites (N-methyl/N-ethyl adjacent to an activating group) is 1. The number of amides is 2. The molecular weight excluding hydrogens is 498 g/mol. The van der Waals surface area contributed by atoms with Crippen molar-refractivity contribution < 1.29 is 14.3 Å². The van der Waals surface area contributed by atoms with Crippen molar-refractivity contribution in [2.45, 2.75) is 50.4 Å². The Morgan fingerprint density at radius 1 is 1.03 bits per heavy atom. The van der Waals surface area contributed by atoms with Gasteiger partial charge >= 0.3 is 6.09 Å². The Hall–Kier alpha value is -3.27. The number of nitrogens with one attached hydrogen (secondary N) is 3. The van der Waals surface area contributed by atoms with Crippen LogP contribution in [0, 0.1) is 0 Å². The first kappa shape index (κ1) is 27.8. The van der Waals surface area contributed by atoms with E-state index in [1.54, 1.807) is 11.7 Å². The zero-order valence-electron chi connectivity index (χ0n) is 21.8. The van der Waals surface area contributed by atoms with Gasteiger partial charge < -0.3 is 25.6 Å². The van der Waals surface area contributed by atoms with Crippen LogP contribution in [-0.4, -0.2) is 66.7 Å². The molecule has 4 rings (SSSR count). The summed E-state index contributed by atoms with van der Waals surface area (Å²) in [4.78, 5) is 32.9. The van der Waals surface area contributed by atoms with Crippen molar-refractivity contribution in [3.63, 3.8) is 0 Å². The number of ether oxygens (including phenoxy) is 1. The van der Waals surface area contributed by atoms with Crippen molar-refractivity contribution in [2.24, 2.45) is 0 Å². The van der Waals surface area contributed by atoms with Gasteiger partial charge in [-0.15, -0.1) is 11.3 Å². The fourth-order valence-electron chi connectivity index (χ4n) is 4.68. The van der Waals surface area contributed by atoms with Crippen LogP contribution >= 0.6 is 11.3 Å². The zero-order chi connectivity index (χ0) is 26.6. The van der Waals surface area contributed by atoms with Crippen LogP contribution in [0.1, 0.15) is 28.8 Å². The van der Waals surface area contributed by atoms with E-state index in [0.717, 1.165) is 36.4 Å². The molecule has 1 aliphatic heterocycles. The molecule has 0 spiro atoms. The number of aromatic nitrogens is 1. The molecule has 3 aromatic rings. The minimum Gasteiger partial charge on any atom is -0.444 e. The van der Waals surface area contributed by atoms with Crippen LogP contribution in [-0.2, 0) is 29.0 Å². The Labute approximate surface area is 228 Å². The molecule has 8 nitrogen and oxygen atoms in total. The lowest BCUT2D eigenvalue weighted by Crippen LogP contribution is -2.57. The molecule has 0 unspecified atom stereocenters. The fourth-order valence-corrected chi connectivity index (χ4v) is 5.19. The summed E-state index contributed by atoms with van der Waals surface area (Å²) in [6, 6.07) is 19.9. The summed E-state index contributed by atoms with van der Waals surface area (Å²) in [5.74, 6) is 0.0222. The molecule has 3 atom stereocenters. The summed E-state index contributed by atoms with van der Waals surface area (Å²) in [6.45, 7) is 2.62. The van der Waals surface area contributed by atoms with Crippen LogP contribution in [0.25, 0.3) is 0 Å². The summed E-state index contributed by atoms with van der Waals surface area (Å²) in [5.41, 5.74) is 4.03. The van der Waals surface area contributed by atoms with Gasteiger partial charge in [-0.2, -0.15) is 0 Å². The van der Waals surface area contributed by atoms with Crippen LogP contribution in [0.2, 0.25) is 0 Å². The normalized spacial score (nSPS) is 17.3. The third kappa shape index (κ3) is 9.24. The van der Waals surface area contributed by atoms with Crippen molar-refractivity contribution in [3.8, 4) is 0 Å². The average Bonchev–Trinajstić information content (AvgIpc) is 3.45. The van der Waals surface area contributed by atoms with E-state index in [-0.39, 0.29) is 30.6 Å². The third-order valence-corrected chi connectivity index (χ3v) is 7.46. The highest BCUT2D eigenvalue weighted by molar-refractivity contribution is 7.09.